The van der Waals surface area contributed by atoms with Gasteiger partial charge in [0.1, 0.15) is 5.82 Å². The number of carbonyl (C=O) groups excluding carboxylic acids is 4. The Labute approximate surface area is 290 Å². The Bertz CT molecular complexity index is 1980. The Morgan fingerprint density at radius 2 is 1.62 bits per heavy atom. The number of anilines is 2. The van der Waals surface area contributed by atoms with E-state index in [-0.39, 0.29) is 30.0 Å². The number of aryl methyl sites for hydroxylation is 1. The molecule has 2 aliphatic carbocycles. The summed E-state index contributed by atoms with van der Waals surface area (Å²) in [5.74, 6) is -6.23. The first kappa shape index (κ1) is 32.4. The van der Waals surface area contributed by atoms with E-state index in [1.807, 2.05) is 13.0 Å². The molecule has 3 aromatic rings. The van der Waals surface area contributed by atoms with E-state index in [0.717, 1.165) is 27.5 Å². The molecule has 4 aliphatic rings. The van der Waals surface area contributed by atoms with Crippen LogP contribution < -0.4 is 14.5 Å². The number of carbonyl (C=O) groups is 4. The number of amides is 4. The van der Waals surface area contributed by atoms with Crippen molar-refractivity contribution < 1.29 is 33.4 Å². The smallest absolute Gasteiger partial charge is 0.258 e. The van der Waals surface area contributed by atoms with E-state index < -0.39 is 62.9 Å². The second kappa shape index (κ2) is 11.5. The summed E-state index contributed by atoms with van der Waals surface area (Å²) < 4.78 is 19.1. The third kappa shape index (κ3) is 4.55. The Morgan fingerprint density at radius 3 is 2.31 bits per heavy atom. The summed E-state index contributed by atoms with van der Waals surface area (Å²) in [4.78, 5) is 54.7. The number of rotatable bonds is 5. The van der Waals surface area contributed by atoms with Gasteiger partial charge >= 0.3 is 0 Å². The number of hydrogen-bond donors (Lipinski definition) is 1. The monoisotopic (exact) mass is 708 g/mol. The molecule has 8 nitrogen and oxygen atoms in total. The number of ether oxygens (including phenoxy) is 1. The zero-order valence-corrected chi connectivity index (χ0v) is 27.9. The molecule has 12 heteroatoms. The van der Waals surface area contributed by atoms with Crippen molar-refractivity contribution in [1.82, 2.24) is 0 Å². The van der Waals surface area contributed by atoms with Gasteiger partial charge in [-0.2, -0.15) is 0 Å². The molecule has 0 bridgehead atoms. The number of alkyl halides is 2. The molecule has 2 heterocycles. The largest absolute Gasteiger partial charge is 0.504 e. The van der Waals surface area contributed by atoms with E-state index in [0.29, 0.717) is 21.8 Å². The summed E-state index contributed by atoms with van der Waals surface area (Å²) in [5, 5.41) is 10.5. The van der Waals surface area contributed by atoms with Crippen LogP contribution in [-0.4, -0.2) is 45.6 Å². The van der Waals surface area contributed by atoms with Crippen molar-refractivity contribution in [2.45, 2.75) is 29.5 Å². The second-order valence-electron chi connectivity index (χ2n) is 12.5. The highest BCUT2D eigenvalue weighted by Gasteiger charge is 2.76. The number of phenols is 1. The summed E-state index contributed by atoms with van der Waals surface area (Å²) in [6.07, 6.45) is 5.15. The zero-order chi connectivity index (χ0) is 34.3. The quantitative estimate of drug-likeness (QED) is 0.177. The van der Waals surface area contributed by atoms with Gasteiger partial charge in [-0.3, -0.25) is 19.2 Å². The summed E-state index contributed by atoms with van der Waals surface area (Å²) in [6.45, 7) is 1.81. The molecule has 1 N–H and O–H groups in total. The molecule has 7 rings (SSSR count). The molecule has 6 atom stereocenters. The van der Waals surface area contributed by atoms with Crippen molar-refractivity contribution in [3.63, 3.8) is 0 Å². The number of halogens is 4. The molecule has 2 aliphatic heterocycles. The Morgan fingerprint density at radius 1 is 0.917 bits per heavy atom. The molecule has 3 aromatic carbocycles. The lowest BCUT2D eigenvalue weighted by atomic mass is 9.57. The van der Waals surface area contributed by atoms with Crippen LogP contribution in [0.2, 0.25) is 5.02 Å². The molecule has 246 valence electrons. The topological polar surface area (TPSA) is 104 Å². The number of aromatic hydroxyl groups is 1. The molecule has 1 saturated carbocycles. The molecular weight excluding hydrogens is 682 g/mol. The Balaban J connectivity index is 1.36. The van der Waals surface area contributed by atoms with Crippen LogP contribution in [-0.2, 0) is 19.2 Å². The molecule has 0 aromatic heterocycles. The minimum atomic E-state index is -2.05. The van der Waals surface area contributed by atoms with Gasteiger partial charge in [0.15, 0.2) is 21.2 Å². The minimum absolute atomic E-state index is 0.0719. The predicted molar refractivity (Wildman–Crippen MR) is 180 cm³/mol. The van der Waals surface area contributed by atoms with Gasteiger partial charge in [-0.15, -0.1) is 23.2 Å². The fourth-order valence-corrected chi connectivity index (χ4v) is 8.69. The van der Waals surface area contributed by atoms with Crippen molar-refractivity contribution in [1.29, 1.82) is 0 Å². The molecule has 0 spiro atoms. The number of nitrogens with zero attached hydrogens (tertiary/aromatic N) is 2. The van der Waals surface area contributed by atoms with Crippen LogP contribution in [0.15, 0.2) is 78.4 Å². The van der Waals surface area contributed by atoms with Crippen molar-refractivity contribution in [2.75, 3.05) is 16.9 Å². The number of allylic oxidation sites excluding steroid dienone is 3. The number of fused-ring (bicyclic) bond motifs is 4. The Kier molecular flexibility index (Phi) is 7.73. The van der Waals surface area contributed by atoms with Gasteiger partial charge in [0.2, 0.25) is 11.8 Å². The lowest BCUT2D eigenvalue weighted by Crippen LogP contribution is -2.60. The minimum Gasteiger partial charge on any atom is -0.504 e. The number of hydrogen-bond acceptors (Lipinski definition) is 6. The molecular formula is C36H28Cl3FN2O6. The van der Waals surface area contributed by atoms with Crippen LogP contribution in [0.4, 0.5) is 15.8 Å². The van der Waals surface area contributed by atoms with Crippen molar-refractivity contribution in [2.24, 2.45) is 23.7 Å². The summed E-state index contributed by atoms with van der Waals surface area (Å²) in [5.41, 5.74) is 2.41. The molecule has 4 amide bonds. The van der Waals surface area contributed by atoms with Crippen LogP contribution in [0.3, 0.4) is 0 Å². The third-order valence-electron chi connectivity index (χ3n) is 10.1. The number of methoxy groups -OCH3 is 1. The van der Waals surface area contributed by atoms with Gasteiger partial charge in [0.05, 0.1) is 30.3 Å². The first-order valence-electron chi connectivity index (χ1n) is 15.2. The van der Waals surface area contributed by atoms with E-state index >= 15 is 0 Å². The van der Waals surface area contributed by atoms with Crippen LogP contribution in [0, 0.1) is 36.4 Å². The third-order valence-corrected chi connectivity index (χ3v) is 11.9. The average Bonchev–Trinajstić information content (AvgIpc) is 3.40. The summed E-state index contributed by atoms with van der Waals surface area (Å²) in [6, 6.07) is 14.5. The van der Waals surface area contributed by atoms with Gasteiger partial charge in [0, 0.05) is 10.9 Å². The van der Waals surface area contributed by atoms with Crippen molar-refractivity contribution in [3.05, 3.63) is 100 Å². The van der Waals surface area contributed by atoms with E-state index in [4.69, 9.17) is 39.5 Å². The standard InChI is InChI=1S/C36H28Cl3FN2O6/c1-18-3-8-22(16-27(18)37)41-31(44)24-12-11-23-25(30(24)32(41)45)17-35(38)33(46)42(21-9-6-20(40)7-10-21)34(47)36(35,39)26(23)13-4-19-5-14-28(43)29(15-19)48-2/h3-11,13-16,24-26,30,43H,12,17H2,1-2H3/t24-,25+,26-,30-,35+,36-/m0/s1. The fraction of sp³-hybridized carbons (Fsp3) is 0.278. The van der Waals surface area contributed by atoms with E-state index in [9.17, 15) is 28.7 Å². The lowest BCUT2D eigenvalue weighted by molar-refractivity contribution is -0.125. The molecule has 0 unspecified atom stereocenters. The highest BCUT2D eigenvalue weighted by atomic mass is 35.5. The first-order chi connectivity index (χ1) is 22.8. The van der Waals surface area contributed by atoms with Crippen molar-refractivity contribution in [3.8, 4) is 11.5 Å². The predicted octanol–water partition coefficient (Wildman–Crippen LogP) is 6.82. The number of phenolic OH excluding ortho intramolecular Hbond substituents is 1. The normalized spacial score (nSPS) is 29.7. The Hall–Kier alpha value is -4.18. The highest BCUT2D eigenvalue weighted by Crippen LogP contribution is 2.63. The van der Waals surface area contributed by atoms with Crippen LogP contribution in [0.1, 0.15) is 24.0 Å². The number of imide groups is 2. The molecule has 2 saturated heterocycles. The maximum atomic E-state index is 14.4. The lowest BCUT2D eigenvalue weighted by Gasteiger charge is -2.49. The molecule has 3 fully saturated rings. The highest BCUT2D eigenvalue weighted by molar-refractivity contribution is 6.58. The summed E-state index contributed by atoms with van der Waals surface area (Å²) >= 11 is 21.1. The van der Waals surface area contributed by atoms with Gasteiger partial charge in [-0.05, 0) is 85.3 Å². The SMILES string of the molecule is COc1cc(C=C[C@H]2C3=CC[C@@H]4C(=O)N(c5ccc(C)c(Cl)c5)C(=O)[C@@H]4[C@@H]3C[C@@]3(Cl)C(=O)N(c4ccc(F)cc4)C(=O)[C@@]23Cl)ccc1O. The molecule has 0 radical (unpaired) electrons. The second-order valence-corrected chi connectivity index (χ2v) is 14.2. The van der Waals surface area contributed by atoms with Gasteiger partial charge in [0.25, 0.3) is 11.8 Å². The number of benzene rings is 3. The maximum absolute atomic E-state index is 14.4. The maximum Gasteiger partial charge on any atom is 0.258 e. The van der Waals surface area contributed by atoms with Gasteiger partial charge in [-0.1, -0.05) is 47.5 Å². The van der Waals surface area contributed by atoms with E-state index in [1.165, 1.54) is 25.3 Å². The van der Waals surface area contributed by atoms with Gasteiger partial charge in [-0.25, -0.2) is 14.2 Å². The fourth-order valence-electron chi connectivity index (χ4n) is 7.63. The zero-order valence-electron chi connectivity index (χ0n) is 25.6. The van der Waals surface area contributed by atoms with Crippen LogP contribution >= 0.6 is 34.8 Å². The van der Waals surface area contributed by atoms with Crippen LogP contribution in [0.25, 0.3) is 6.08 Å². The van der Waals surface area contributed by atoms with E-state index in [1.54, 1.807) is 42.5 Å². The average molecular weight is 710 g/mol. The van der Waals surface area contributed by atoms with Gasteiger partial charge < -0.3 is 9.84 Å². The molecule has 48 heavy (non-hydrogen) atoms. The first-order valence-corrected chi connectivity index (χ1v) is 16.4. The van der Waals surface area contributed by atoms with E-state index in [2.05, 4.69) is 0 Å². The van der Waals surface area contributed by atoms with Crippen molar-refractivity contribution >= 4 is 75.9 Å². The summed E-state index contributed by atoms with van der Waals surface area (Å²) in [7, 11) is 1.41. The van der Waals surface area contributed by atoms with Crippen LogP contribution in [0.5, 0.6) is 11.5 Å².